The van der Waals surface area contributed by atoms with Gasteiger partial charge in [-0.1, -0.05) is 57.2 Å². The van der Waals surface area contributed by atoms with Crippen LogP contribution < -0.4 is 0 Å². The fraction of sp³-hybridized carbons (Fsp3) is 0.526. The van der Waals surface area contributed by atoms with Gasteiger partial charge in [0.05, 0.1) is 0 Å². The number of rotatable bonds is 8. The van der Waals surface area contributed by atoms with Crippen molar-refractivity contribution in [3.05, 3.63) is 48.0 Å². The lowest BCUT2D eigenvalue weighted by Crippen LogP contribution is -2.40. The molecule has 0 amide bonds. The van der Waals surface area contributed by atoms with Gasteiger partial charge in [-0.2, -0.15) is 0 Å². The van der Waals surface area contributed by atoms with Crippen molar-refractivity contribution in [2.75, 3.05) is 6.61 Å². The van der Waals surface area contributed by atoms with Crippen LogP contribution in [0.25, 0.3) is 0 Å². The number of aryl methyl sites for hydroxylation is 1. The molecule has 0 heterocycles. The van der Waals surface area contributed by atoms with E-state index < -0.39 is 8.32 Å². The molecule has 0 aliphatic carbocycles. The lowest BCUT2D eigenvalue weighted by atomic mass is 10.1. The van der Waals surface area contributed by atoms with E-state index in [1.807, 2.05) is 24.3 Å². The second kappa shape index (κ2) is 8.44. The van der Waals surface area contributed by atoms with Crippen molar-refractivity contribution in [3.8, 4) is 0 Å². The Morgan fingerprint density at radius 3 is 2.41 bits per heavy atom. The van der Waals surface area contributed by atoms with Crippen LogP contribution in [0.4, 0.5) is 0 Å². The molecule has 0 aromatic heterocycles. The summed E-state index contributed by atoms with van der Waals surface area (Å²) in [4.78, 5) is 11.8. The maximum absolute atomic E-state index is 11.8. The van der Waals surface area contributed by atoms with Crippen LogP contribution in [0.3, 0.4) is 0 Å². The van der Waals surface area contributed by atoms with Gasteiger partial charge in [0.2, 0.25) is 0 Å². The third-order valence-corrected chi connectivity index (χ3v) is 8.90. The van der Waals surface area contributed by atoms with E-state index in [1.54, 1.807) is 6.08 Å². The molecule has 1 aromatic carbocycles. The maximum atomic E-state index is 11.8. The molecule has 3 heteroatoms. The van der Waals surface area contributed by atoms with Crippen LogP contribution in [-0.4, -0.2) is 20.7 Å². The summed E-state index contributed by atoms with van der Waals surface area (Å²) in [7, 11) is -1.66. The number of ketones is 1. The third kappa shape index (κ3) is 6.71. The Bertz CT molecular complexity index is 484. The van der Waals surface area contributed by atoms with E-state index in [1.165, 1.54) is 5.56 Å². The Kier molecular flexibility index (Phi) is 7.24. The van der Waals surface area contributed by atoms with Crippen molar-refractivity contribution in [3.63, 3.8) is 0 Å². The van der Waals surface area contributed by atoms with Gasteiger partial charge in [-0.15, -0.1) is 0 Å². The number of carbonyl (C=O) groups is 1. The second-order valence-electron chi connectivity index (χ2n) is 7.25. The summed E-state index contributed by atoms with van der Waals surface area (Å²) in [5.41, 5.74) is 1.21. The summed E-state index contributed by atoms with van der Waals surface area (Å²) in [6, 6.07) is 10.1. The summed E-state index contributed by atoms with van der Waals surface area (Å²) in [5, 5.41) is 0.238. The third-order valence-electron chi connectivity index (χ3n) is 4.36. The van der Waals surface area contributed by atoms with Crippen molar-refractivity contribution in [1.82, 2.24) is 0 Å². The fourth-order valence-electron chi connectivity index (χ4n) is 1.81. The van der Waals surface area contributed by atoms with Gasteiger partial charge >= 0.3 is 0 Å². The second-order valence-corrected chi connectivity index (χ2v) is 12.1. The minimum absolute atomic E-state index is 0.191. The van der Waals surface area contributed by atoms with Crippen LogP contribution in [0.5, 0.6) is 0 Å². The first-order valence-electron chi connectivity index (χ1n) is 8.09. The normalized spacial score (nSPS) is 12.8. The molecule has 2 nitrogen and oxygen atoms in total. The van der Waals surface area contributed by atoms with Gasteiger partial charge < -0.3 is 4.43 Å². The van der Waals surface area contributed by atoms with Crippen LogP contribution in [0.15, 0.2) is 42.5 Å². The zero-order valence-electron chi connectivity index (χ0n) is 14.7. The SMILES string of the molecule is CC(C)(C)[Si](C)(C)OCC/C=C/C(=O)CCc1ccccc1. The first-order valence-corrected chi connectivity index (χ1v) is 11.0. The Morgan fingerprint density at radius 2 is 1.82 bits per heavy atom. The van der Waals surface area contributed by atoms with Gasteiger partial charge in [-0.25, -0.2) is 0 Å². The van der Waals surface area contributed by atoms with Crippen molar-refractivity contribution in [1.29, 1.82) is 0 Å². The highest BCUT2D eigenvalue weighted by Crippen LogP contribution is 2.36. The molecule has 0 bridgehead atoms. The van der Waals surface area contributed by atoms with Crippen LogP contribution in [0.2, 0.25) is 18.1 Å². The first kappa shape index (κ1) is 18.9. The smallest absolute Gasteiger partial charge is 0.191 e. The van der Waals surface area contributed by atoms with E-state index in [9.17, 15) is 4.79 Å². The summed E-state index contributed by atoms with van der Waals surface area (Å²) >= 11 is 0. The molecule has 0 atom stereocenters. The van der Waals surface area contributed by atoms with E-state index in [2.05, 4.69) is 46.0 Å². The molecule has 0 saturated heterocycles. The summed E-state index contributed by atoms with van der Waals surface area (Å²) in [6.45, 7) is 11.9. The zero-order valence-corrected chi connectivity index (χ0v) is 15.7. The van der Waals surface area contributed by atoms with Crippen molar-refractivity contribution in [2.24, 2.45) is 0 Å². The first-order chi connectivity index (χ1) is 10.2. The molecule has 0 N–H and O–H groups in total. The standard InChI is InChI=1S/C19H30O2Si/c1-19(2,3)22(4,5)21-16-10-9-13-18(20)15-14-17-11-7-6-8-12-17/h6-9,11-13H,10,14-16H2,1-5H3/b13-9+. The van der Waals surface area contributed by atoms with Crippen molar-refractivity contribution in [2.45, 2.75) is 58.2 Å². The molecule has 0 aliphatic heterocycles. The van der Waals surface area contributed by atoms with Gasteiger partial charge in [0.15, 0.2) is 14.1 Å². The molecule has 0 saturated carbocycles. The Hall–Kier alpha value is -1.19. The lowest BCUT2D eigenvalue weighted by molar-refractivity contribution is -0.114. The predicted octanol–water partition coefficient (Wildman–Crippen LogP) is 5.16. The highest BCUT2D eigenvalue weighted by atomic mass is 28.4. The molecule has 0 radical (unpaired) electrons. The van der Waals surface area contributed by atoms with Crippen LogP contribution in [-0.2, 0) is 15.6 Å². The highest BCUT2D eigenvalue weighted by molar-refractivity contribution is 6.74. The molecule has 0 unspecified atom stereocenters. The van der Waals surface area contributed by atoms with Crippen molar-refractivity contribution < 1.29 is 9.22 Å². The number of benzene rings is 1. The van der Waals surface area contributed by atoms with E-state index in [-0.39, 0.29) is 10.8 Å². The highest BCUT2D eigenvalue weighted by Gasteiger charge is 2.36. The van der Waals surface area contributed by atoms with Gasteiger partial charge in [0.25, 0.3) is 0 Å². The minimum atomic E-state index is -1.66. The van der Waals surface area contributed by atoms with E-state index >= 15 is 0 Å². The molecular weight excluding hydrogens is 288 g/mol. The number of hydrogen-bond donors (Lipinski definition) is 0. The average Bonchev–Trinajstić information content (AvgIpc) is 2.44. The topological polar surface area (TPSA) is 26.3 Å². The Balaban J connectivity index is 2.24. The predicted molar refractivity (Wildman–Crippen MR) is 96.7 cm³/mol. The largest absolute Gasteiger partial charge is 0.417 e. The molecule has 1 rings (SSSR count). The number of allylic oxidation sites excluding steroid dienone is 1. The van der Waals surface area contributed by atoms with Gasteiger partial charge in [0.1, 0.15) is 0 Å². The van der Waals surface area contributed by atoms with Crippen LogP contribution >= 0.6 is 0 Å². The monoisotopic (exact) mass is 318 g/mol. The summed E-state index contributed by atoms with van der Waals surface area (Å²) in [5.74, 6) is 0.191. The lowest BCUT2D eigenvalue weighted by Gasteiger charge is -2.36. The number of carbonyl (C=O) groups excluding carboxylic acids is 1. The maximum Gasteiger partial charge on any atom is 0.191 e. The van der Waals surface area contributed by atoms with Crippen molar-refractivity contribution >= 4 is 14.1 Å². The summed E-state index contributed by atoms with van der Waals surface area (Å²) < 4.78 is 6.08. The Labute approximate surface area is 136 Å². The molecular formula is C19H30O2Si. The van der Waals surface area contributed by atoms with E-state index in [4.69, 9.17) is 4.43 Å². The molecule has 0 fully saturated rings. The minimum Gasteiger partial charge on any atom is -0.417 e. The van der Waals surface area contributed by atoms with E-state index in [0.29, 0.717) is 13.0 Å². The van der Waals surface area contributed by atoms with E-state index in [0.717, 1.165) is 12.8 Å². The molecule has 0 spiro atoms. The summed E-state index contributed by atoms with van der Waals surface area (Å²) in [6.07, 6.45) is 5.84. The van der Waals surface area contributed by atoms with Crippen LogP contribution in [0, 0.1) is 0 Å². The van der Waals surface area contributed by atoms with Gasteiger partial charge in [-0.05, 0) is 42.6 Å². The molecule has 0 aliphatic rings. The molecule has 1 aromatic rings. The quantitative estimate of drug-likeness (QED) is 0.376. The average molecular weight is 319 g/mol. The molecule has 122 valence electrons. The Morgan fingerprint density at radius 1 is 1.18 bits per heavy atom. The van der Waals surface area contributed by atoms with Crippen LogP contribution in [0.1, 0.15) is 39.2 Å². The number of hydrogen-bond acceptors (Lipinski definition) is 2. The van der Waals surface area contributed by atoms with Gasteiger partial charge in [0, 0.05) is 13.0 Å². The van der Waals surface area contributed by atoms with Gasteiger partial charge in [-0.3, -0.25) is 4.79 Å². The molecule has 22 heavy (non-hydrogen) atoms. The fourth-order valence-corrected chi connectivity index (χ4v) is 2.87. The zero-order chi connectivity index (χ0) is 16.6.